The number of unbranched alkanes of at least 4 members (excludes halogenated alkanes) is 1. The Bertz CT molecular complexity index is 395. The molecule has 112 valence electrons. The lowest BCUT2D eigenvalue weighted by atomic mass is 9.79. The molecule has 4 heteroatoms. The Morgan fingerprint density at radius 2 is 1.75 bits per heavy atom. The highest BCUT2D eigenvalue weighted by molar-refractivity contribution is 5.76. The summed E-state index contributed by atoms with van der Waals surface area (Å²) in [6, 6.07) is 0.409. The SMILES string of the molecule is O=C(O)CCCCC(=O)NC1CC2CC1C1CCCC21. The summed E-state index contributed by atoms with van der Waals surface area (Å²) >= 11 is 0. The second kappa shape index (κ2) is 5.74. The molecule has 0 spiro atoms. The molecular formula is C16H25NO3. The molecule has 4 nitrogen and oxygen atoms in total. The van der Waals surface area contributed by atoms with E-state index in [0.29, 0.717) is 25.3 Å². The largest absolute Gasteiger partial charge is 0.481 e. The molecule has 5 unspecified atom stereocenters. The van der Waals surface area contributed by atoms with Crippen molar-refractivity contribution in [3.05, 3.63) is 0 Å². The Labute approximate surface area is 120 Å². The van der Waals surface area contributed by atoms with Crippen molar-refractivity contribution in [2.24, 2.45) is 23.7 Å². The topological polar surface area (TPSA) is 66.4 Å². The lowest BCUT2D eigenvalue weighted by Gasteiger charge is -2.32. The van der Waals surface area contributed by atoms with E-state index in [2.05, 4.69) is 5.32 Å². The summed E-state index contributed by atoms with van der Waals surface area (Å²) in [4.78, 5) is 22.4. The average Bonchev–Trinajstić information content (AvgIpc) is 3.05. The molecule has 3 aliphatic carbocycles. The van der Waals surface area contributed by atoms with Gasteiger partial charge in [-0.25, -0.2) is 0 Å². The number of carboxylic acids is 1. The van der Waals surface area contributed by atoms with Gasteiger partial charge in [0.25, 0.3) is 0 Å². The van der Waals surface area contributed by atoms with Gasteiger partial charge in [-0.1, -0.05) is 6.42 Å². The molecule has 3 saturated carbocycles. The lowest BCUT2D eigenvalue weighted by molar-refractivity contribution is -0.137. The van der Waals surface area contributed by atoms with Crippen molar-refractivity contribution in [2.75, 3.05) is 0 Å². The summed E-state index contributed by atoms with van der Waals surface area (Å²) in [5.41, 5.74) is 0. The van der Waals surface area contributed by atoms with Crippen LogP contribution >= 0.6 is 0 Å². The standard InChI is InChI=1S/C16H25NO3/c18-15(6-1-2-7-16(19)20)17-14-9-10-8-13(14)12-5-3-4-11(10)12/h10-14H,1-9H2,(H,17,18)(H,19,20). The fourth-order valence-corrected chi connectivity index (χ4v) is 5.07. The van der Waals surface area contributed by atoms with Gasteiger partial charge in [-0.3, -0.25) is 9.59 Å². The Morgan fingerprint density at radius 3 is 2.55 bits per heavy atom. The first kappa shape index (κ1) is 13.9. The first-order valence-electron chi connectivity index (χ1n) is 8.16. The number of fused-ring (bicyclic) bond motifs is 5. The number of nitrogens with one attached hydrogen (secondary N) is 1. The van der Waals surface area contributed by atoms with Gasteiger partial charge in [0, 0.05) is 18.9 Å². The Kier molecular flexibility index (Phi) is 3.99. The summed E-state index contributed by atoms with van der Waals surface area (Å²) < 4.78 is 0. The van der Waals surface area contributed by atoms with Gasteiger partial charge < -0.3 is 10.4 Å². The minimum absolute atomic E-state index is 0.127. The molecule has 0 aliphatic heterocycles. The van der Waals surface area contributed by atoms with Crippen molar-refractivity contribution in [1.82, 2.24) is 5.32 Å². The summed E-state index contributed by atoms with van der Waals surface area (Å²) in [6.07, 6.45) is 8.64. The second-order valence-corrected chi connectivity index (χ2v) is 6.93. The molecule has 5 atom stereocenters. The number of hydrogen-bond donors (Lipinski definition) is 2. The van der Waals surface area contributed by atoms with E-state index in [9.17, 15) is 9.59 Å². The third kappa shape index (κ3) is 2.70. The normalized spacial score (nSPS) is 37.9. The number of carbonyl (C=O) groups is 2. The van der Waals surface area contributed by atoms with Crippen molar-refractivity contribution in [3.8, 4) is 0 Å². The van der Waals surface area contributed by atoms with Gasteiger partial charge >= 0.3 is 5.97 Å². The van der Waals surface area contributed by atoms with Crippen LogP contribution < -0.4 is 5.32 Å². The highest BCUT2D eigenvalue weighted by Gasteiger charge is 2.53. The molecule has 3 rings (SSSR count). The number of hydrogen-bond acceptors (Lipinski definition) is 2. The highest BCUT2D eigenvalue weighted by Crippen LogP contribution is 2.58. The molecule has 3 fully saturated rings. The fourth-order valence-electron chi connectivity index (χ4n) is 5.07. The first-order chi connectivity index (χ1) is 9.65. The zero-order valence-electron chi connectivity index (χ0n) is 12.0. The molecule has 3 aliphatic rings. The summed E-state index contributed by atoms with van der Waals surface area (Å²) in [6.45, 7) is 0. The number of carboxylic acid groups (broad SMARTS) is 1. The minimum Gasteiger partial charge on any atom is -0.481 e. The van der Waals surface area contributed by atoms with E-state index in [4.69, 9.17) is 5.11 Å². The Hall–Kier alpha value is -1.06. The number of aliphatic carboxylic acids is 1. The van der Waals surface area contributed by atoms with Gasteiger partial charge in [0.2, 0.25) is 5.91 Å². The van der Waals surface area contributed by atoms with E-state index < -0.39 is 5.97 Å². The fraction of sp³-hybridized carbons (Fsp3) is 0.875. The van der Waals surface area contributed by atoms with Gasteiger partial charge in [-0.05, 0) is 62.2 Å². The summed E-state index contributed by atoms with van der Waals surface area (Å²) in [5.74, 6) is 2.79. The van der Waals surface area contributed by atoms with Crippen molar-refractivity contribution in [1.29, 1.82) is 0 Å². The predicted molar refractivity (Wildman–Crippen MR) is 75.1 cm³/mol. The summed E-state index contributed by atoms with van der Waals surface area (Å²) in [7, 11) is 0. The van der Waals surface area contributed by atoms with Gasteiger partial charge in [0.15, 0.2) is 0 Å². The van der Waals surface area contributed by atoms with E-state index in [1.165, 1.54) is 32.1 Å². The smallest absolute Gasteiger partial charge is 0.303 e. The van der Waals surface area contributed by atoms with Crippen LogP contribution in [0, 0.1) is 23.7 Å². The molecule has 1 amide bonds. The van der Waals surface area contributed by atoms with Crippen LogP contribution in [-0.2, 0) is 9.59 Å². The number of rotatable bonds is 6. The molecule has 2 bridgehead atoms. The predicted octanol–water partition coefficient (Wildman–Crippen LogP) is 2.57. The highest BCUT2D eigenvalue weighted by atomic mass is 16.4. The van der Waals surface area contributed by atoms with E-state index in [0.717, 1.165) is 23.7 Å². The third-order valence-corrected chi connectivity index (χ3v) is 5.82. The molecular weight excluding hydrogens is 254 g/mol. The Morgan fingerprint density at radius 1 is 1.00 bits per heavy atom. The van der Waals surface area contributed by atoms with Crippen LogP contribution in [0.1, 0.15) is 57.8 Å². The molecule has 2 N–H and O–H groups in total. The zero-order valence-corrected chi connectivity index (χ0v) is 12.0. The quantitative estimate of drug-likeness (QED) is 0.734. The van der Waals surface area contributed by atoms with E-state index in [1.54, 1.807) is 0 Å². The number of amides is 1. The zero-order chi connectivity index (χ0) is 14.1. The monoisotopic (exact) mass is 279 g/mol. The maximum Gasteiger partial charge on any atom is 0.303 e. The molecule has 20 heavy (non-hydrogen) atoms. The minimum atomic E-state index is -0.772. The lowest BCUT2D eigenvalue weighted by Crippen LogP contribution is -2.42. The summed E-state index contributed by atoms with van der Waals surface area (Å²) in [5, 5.41) is 11.8. The van der Waals surface area contributed by atoms with Gasteiger partial charge in [-0.2, -0.15) is 0 Å². The molecule has 0 aromatic rings. The van der Waals surface area contributed by atoms with Crippen molar-refractivity contribution < 1.29 is 14.7 Å². The van der Waals surface area contributed by atoms with E-state index in [1.807, 2.05) is 0 Å². The van der Waals surface area contributed by atoms with Gasteiger partial charge in [-0.15, -0.1) is 0 Å². The van der Waals surface area contributed by atoms with Crippen molar-refractivity contribution in [2.45, 2.75) is 63.8 Å². The maximum atomic E-state index is 12.0. The van der Waals surface area contributed by atoms with Gasteiger partial charge in [0.1, 0.15) is 0 Å². The van der Waals surface area contributed by atoms with E-state index >= 15 is 0 Å². The van der Waals surface area contributed by atoms with Gasteiger partial charge in [0.05, 0.1) is 0 Å². The maximum absolute atomic E-state index is 12.0. The molecule has 0 heterocycles. The molecule has 0 saturated heterocycles. The van der Waals surface area contributed by atoms with Crippen molar-refractivity contribution >= 4 is 11.9 Å². The second-order valence-electron chi connectivity index (χ2n) is 6.93. The molecule has 0 aromatic heterocycles. The Balaban J connectivity index is 1.41. The molecule has 0 radical (unpaired) electrons. The van der Waals surface area contributed by atoms with Crippen LogP contribution in [0.5, 0.6) is 0 Å². The van der Waals surface area contributed by atoms with Crippen LogP contribution in [0.2, 0.25) is 0 Å². The van der Waals surface area contributed by atoms with Crippen LogP contribution in [-0.4, -0.2) is 23.0 Å². The van der Waals surface area contributed by atoms with Crippen LogP contribution in [0.3, 0.4) is 0 Å². The molecule has 0 aromatic carbocycles. The first-order valence-corrected chi connectivity index (χ1v) is 8.16. The van der Waals surface area contributed by atoms with Crippen LogP contribution in [0.15, 0.2) is 0 Å². The third-order valence-electron chi connectivity index (χ3n) is 5.82. The average molecular weight is 279 g/mol. The van der Waals surface area contributed by atoms with E-state index in [-0.39, 0.29) is 12.3 Å². The van der Waals surface area contributed by atoms with Crippen LogP contribution in [0.25, 0.3) is 0 Å². The number of carbonyl (C=O) groups excluding carboxylic acids is 1. The van der Waals surface area contributed by atoms with Crippen molar-refractivity contribution in [3.63, 3.8) is 0 Å². The van der Waals surface area contributed by atoms with Crippen LogP contribution in [0.4, 0.5) is 0 Å².